The number of aromatic nitrogens is 3. The number of ether oxygens (including phenoxy) is 1. The summed E-state index contributed by atoms with van der Waals surface area (Å²) in [6, 6.07) is 13.3. The Balaban J connectivity index is 1.99. The Morgan fingerprint density at radius 3 is 2.72 bits per heavy atom. The van der Waals surface area contributed by atoms with Gasteiger partial charge in [-0.15, -0.1) is 0 Å². The smallest absolute Gasteiger partial charge is 0.323 e. The van der Waals surface area contributed by atoms with Gasteiger partial charge in [0.25, 0.3) is 0 Å². The Labute approximate surface area is 148 Å². The molecule has 0 unspecified atom stereocenters. The molecule has 0 radical (unpaired) electrons. The lowest BCUT2D eigenvalue weighted by Gasteiger charge is -2.14. The van der Waals surface area contributed by atoms with E-state index in [2.05, 4.69) is 15.0 Å². The lowest BCUT2D eigenvalue weighted by atomic mass is 9.94. The second-order valence-electron chi connectivity index (χ2n) is 5.58. The maximum atomic E-state index is 11.5. The topological polar surface area (TPSA) is 70.8 Å². The zero-order chi connectivity index (χ0) is 17.4. The van der Waals surface area contributed by atoms with Gasteiger partial charge in [-0.1, -0.05) is 29.8 Å². The van der Waals surface area contributed by atoms with Gasteiger partial charge in [0.05, 0.1) is 24.3 Å². The van der Waals surface area contributed by atoms with E-state index in [-0.39, 0.29) is 5.69 Å². The number of hydrogen-bond donors (Lipinski definition) is 2. The summed E-state index contributed by atoms with van der Waals surface area (Å²) in [5.74, 6) is 0.669. The lowest BCUT2D eigenvalue weighted by molar-refractivity contribution is 0.414. The molecule has 0 saturated carbocycles. The molecule has 0 fully saturated rings. The van der Waals surface area contributed by atoms with Gasteiger partial charge >= 0.3 is 5.69 Å². The molecule has 124 valence electrons. The van der Waals surface area contributed by atoms with Crippen LogP contribution in [0.15, 0.2) is 59.7 Å². The molecule has 2 aromatic heterocycles. The van der Waals surface area contributed by atoms with E-state index in [1.165, 1.54) is 0 Å². The molecule has 2 heterocycles. The molecule has 4 aromatic rings. The molecule has 2 N–H and O–H groups in total. The number of halogens is 1. The van der Waals surface area contributed by atoms with Gasteiger partial charge in [0.1, 0.15) is 5.75 Å². The third-order valence-corrected chi connectivity index (χ3v) is 4.43. The number of methoxy groups -OCH3 is 1. The largest absolute Gasteiger partial charge is 0.494 e. The molecule has 5 nitrogen and oxygen atoms in total. The molecule has 0 bridgehead atoms. The lowest BCUT2D eigenvalue weighted by Crippen LogP contribution is -1.99. The van der Waals surface area contributed by atoms with E-state index in [1.807, 2.05) is 42.5 Å². The van der Waals surface area contributed by atoms with Crippen molar-refractivity contribution in [1.82, 2.24) is 15.0 Å². The molecule has 0 amide bonds. The highest BCUT2D eigenvalue weighted by Gasteiger charge is 2.15. The minimum atomic E-state index is -0.234. The summed E-state index contributed by atoms with van der Waals surface area (Å²) >= 11 is 6.53. The van der Waals surface area contributed by atoms with Crippen LogP contribution in [0.1, 0.15) is 0 Å². The first-order valence-electron chi connectivity index (χ1n) is 7.66. The van der Waals surface area contributed by atoms with Crippen LogP contribution in [0.2, 0.25) is 5.02 Å². The Morgan fingerprint density at radius 2 is 1.88 bits per heavy atom. The number of imidazole rings is 1. The van der Waals surface area contributed by atoms with Gasteiger partial charge in [-0.2, -0.15) is 0 Å². The van der Waals surface area contributed by atoms with E-state index < -0.39 is 0 Å². The number of H-pyrrole nitrogens is 2. The van der Waals surface area contributed by atoms with Gasteiger partial charge in [0, 0.05) is 22.3 Å². The summed E-state index contributed by atoms with van der Waals surface area (Å²) in [6.07, 6.45) is 3.39. The second kappa shape index (κ2) is 6.11. The number of rotatable bonds is 3. The van der Waals surface area contributed by atoms with Crippen LogP contribution in [0.25, 0.3) is 33.3 Å². The number of aromatic amines is 2. The van der Waals surface area contributed by atoms with Crippen LogP contribution in [-0.4, -0.2) is 22.1 Å². The standard InChI is InChI=1S/C19H14ClN3O2/c1-25-17-10-21-8-7-12(17)13-3-2-4-14(20)18(13)11-5-6-15-16(9-11)23-19(24)22-15/h2-10H,1H3,(H2,22,23,24). The van der Waals surface area contributed by atoms with Crippen molar-refractivity contribution in [1.29, 1.82) is 0 Å². The first kappa shape index (κ1) is 15.5. The first-order valence-corrected chi connectivity index (χ1v) is 8.04. The van der Waals surface area contributed by atoms with Crippen molar-refractivity contribution < 1.29 is 4.74 Å². The Kier molecular flexibility index (Phi) is 3.78. The quantitative estimate of drug-likeness (QED) is 0.579. The normalized spacial score (nSPS) is 11.0. The van der Waals surface area contributed by atoms with Crippen molar-refractivity contribution in [2.24, 2.45) is 0 Å². The molecular weight excluding hydrogens is 338 g/mol. The van der Waals surface area contributed by atoms with E-state index in [9.17, 15) is 4.79 Å². The minimum absolute atomic E-state index is 0.234. The van der Waals surface area contributed by atoms with Gasteiger partial charge < -0.3 is 14.7 Å². The van der Waals surface area contributed by atoms with Gasteiger partial charge in [0.15, 0.2) is 0 Å². The molecule has 6 heteroatoms. The molecular formula is C19H14ClN3O2. The van der Waals surface area contributed by atoms with Gasteiger partial charge in [-0.05, 0) is 35.4 Å². The molecule has 0 aliphatic carbocycles. The van der Waals surface area contributed by atoms with E-state index >= 15 is 0 Å². The molecule has 4 rings (SSSR count). The van der Waals surface area contributed by atoms with Crippen LogP contribution in [-0.2, 0) is 0 Å². The van der Waals surface area contributed by atoms with Crippen LogP contribution < -0.4 is 10.4 Å². The van der Waals surface area contributed by atoms with Gasteiger partial charge in [-0.3, -0.25) is 4.98 Å². The summed E-state index contributed by atoms with van der Waals surface area (Å²) in [5.41, 5.74) is 4.86. The Hall–Kier alpha value is -3.05. The third-order valence-electron chi connectivity index (χ3n) is 4.11. The average Bonchev–Trinajstić information content (AvgIpc) is 3.00. The van der Waals surface area contributed by atoms with Crippen molar-refractivity contribution in [2.75, 3.05) is 7.11 Å². The number of nitrogens with zero attached hydrogens (tertiary/aromatic N) is 1. The number of pyridine rings is 1. The van der Waals surface area contributed by atoms with E-state index in [4.69, 9.17) is 16.3 Å². The number of fused-ring (bicyclic) bond motifs is 1. The Morgan fingerprint density at radius 1 is 1.04 bits per heavy atom. The zero-order valence-corrected chi connectivity index (χ0v) is 14.1. The SMILES string of the molecule is COc1cnccc1-c1cccc(Cl)c1-c1ccc2[nH]c(=O)[nH]c2c1. The van der Waals surface area contributed by atoms with Crippen molar-refractivity contribution in [3.63, 3.8) is 0 Å². The summed E-state index contributed by atoms with van der Waals surface area (Å²) in [4.78, 5) is 21.1. The molecule has 0 aliphatic rings. The van der Waals surface area contributed by atoms with Crippen molar-refractivity contribution in [3.05, 3.63) is 70.4 Å². The second-order valence-corrected chi connectivity index (χ2v) is 5.99. The molecule has 0 atom stereocenters. The van der Waals surface area contributed by atoms with Crippen LogP contribution in [0.4, 0.5) is 0 Å². The van der Waals surface area contributed by atoms with Crippen molar-refractivity contribution in [2.45, 2.75) is 0 Å². The number of hydrogen-bond acceptors (Lipinski definition) is 3. The predicted octanol–water partition coefficient (Wildman–Crippen LogP) is 4.25. The third kappa shape index (κ3) is 2.68. The highest BCUT2D eigenvalue weighted by atomic mass is 35.5. The van der Waals surface area contributed by atoms with Crippen LogP contribution in [0.3, 0.4) is 0 Å². The summed E-state index contributed by atoms with van der Waals surface area (Å²) in [6.45, 7) is 0. The highest BCUT2D eigenvalue weighted by molar-refractivity contribution is 6.34. The maximum Gasteiger partial charge on any atom is 0.323 e. The van der Waals surface area contributed by atoms with Crippen molar-refractivity contribution >= 4 is 22.6 Å². The first-order chi connectivity index (χ1) is 12.2. The zero-order valence-electron chi connectivity index (χ0n) is 13.3. The fourth-order valence-electron chi connectivity index (χ4n) is 3.00. The maximum absolute atomic E-state index is 11.5. The van der Waals surface area contributed by atoms with Gasteiger partial charge in [-0.25, -0.2) is 4.79 Å². The predicted molar refractivity (Wildman–Crippen MR) is 99.1 cm³/mol. The monoisotopic (exact) mass is 351 g/mol. The Bertz CT molecular complexity index is 1130. The summed E-state index contributed by atoms with van der Waals surface area (Å²) in [7, 11) is 1.61. The van der Waals surface area contributed by atoms with E-state index in [0.29, 0.717) is 10.8 Å². The van der Waals surface area contributed by atoms with E-state index in [1.54, 1.807) is 19.5 Å². The fourth-order valence-corrected chi connectivity index (χ4v) is 3.28. The number of nitrogens with one attached hydrogen (secondary N) is 2. The fraction of sp³-hybridized carbons (Fsp3) is 0.0526. The molecule has 0 saturated heterocycles. The summed E-state index contributed by atoms with van der Waals surface area (Å²) < 4.78 is 5.45. The minimum Gasteiger partial charge on any atom is -0.494 e. The van der Waals surface area contributed by atoms with E-state index in [0.717, 1.165) is 33.3 Å². The average molecular weight is 352 g/mol. The van der Waals surface area contributed by atoms with Gasteiger partial charge in [0.2, 0.25) is 0 Å². The summed E-state index contributed by atoms with van der Waals surface area (Å²) in [5, 5.41) is 0.619. The van der Waals surface area contributed by atoms with Crippen LogP contribution in [0, 0.1) is 0 Å². The van der Waals surface area contributed by atoms with Crippen LogP contribution in [0.5, 0.6) is 5.75 Å². The molecule has 25 heavy (non-hydrogen) atoms. The molecule has 2 aromatic carbocycles. The molecule has 0 aliphatic heterocycles. The van der Waals surface area contributed by atoms with Crippen LogP contribution >= 0.6 is 11.6 Å². The molecule has 0 spiro atoms. The van der Waals surface area contributed by atoms with Crippen molar-refractivity contribution in [3.8, 4) is 28.0 Å². The number of benzene rings is 2. The highest BCUT2D eigenvalue weighted by Crippen LogP contribution is 2.41.